The predicted octanol–water partition coefficient (Wildman–Crippen LogP) is 1.85. The molecule has 0 saturated carbocycles. The maximum atomic E-state index is 11.6. The number of aromatic nitrogens is 1. The van der Waals surface area contributed by atoms with Crippen molar-refractivity contribution in [2.24, 2.45) is 5.73 Å². The molecule has 0 aliphatic heterocycles. The predicted molar refractivity (Wildman–Crippen MR) is 65.1 cm³/mol. The van der Waals surface area contributed by atoms with Crippen LogP contribution in [0.5, 0.6) is 0 Å². The fraction of sp³-hybridized carbons (Fsp3) is 0.500. The van der Waals surface area contributed by atoms with Crippen molar-refractivity contribution in [1.29, 1.82) is 0 Å². The van der Waals surface area contributed by atoms with Gasteiger partial charge in [0.2, 0.25) is 5.91 Å². The van der Waals surface area contributed by atoms with Crippen molar-refractivity contribution >= 4 is 11.6 Å². The molecule has 1 amide bonds. The summed E-state index contributed by atoms with van der Waals surface area (Å²) in [7, 11) is 0. The van der Waals surface area contributed by atoms with E-state index in [4.69, 9.17) is 5.73 Å². The van der Waals surface area contributed by atoms with E-state index in [-0.39, 0.29) is 5.91 Å². The highest BCUT2D eigenvalue weighted by Crippen LogP contribution is 2.07. The van der Waals surface area contributed by atoms with Gasteiger partial charge in [-0.2, -0.15) is 0 Å². The summed E-state index contributed by atoms with van der Waals surface area (Å²) in [5, 5.41) is 2.75. The van der Waals surface area contributed by atoms with Crippen molar-refractivity contribution in [1.82, 2.24) is 4.98 Å². The van der Waals surface area contributed by atoms with Crippen molar-refractivity contribution in [3.05, 3.63) is 24.0 Å². The van der Waals surface area contributed by atoms with Crippen LogP contribution >= 0.6 is 0 Å². The second-order valence-corrected chi connectivity index (χ2v) is 3.93. The monoisotopic (exact) mass is 221 g/mol. The van der Waals surface area contributed by atoms with Crippen LogP contribution in [0.2, 0.25) is 0 Å². The van der Waals surface area contributed by atoms with E-state index in [1.807, 2.05) is 19.1 Å². The van der Waals surface area contributed by atoms with Crippen molar-refractivity contribution < 1.29 is 4.79 Å². The Morgan fingerprint density at radius 2 is 2.31 bits per heavy atom. The summed E-state index contributed by atoms with van der Waals surface area (Å²) in [4.78, 5) is 15.7. The Balaban J connectivity index is 2.47. The van der Waals surface area contributed by atoms with Crippen LogP contribution in [0.3, 0.4) is 0 Å². The number of rotatable bonds is 5. The number of nitrogens with one attached hydrogen (secondary N) is 1. The summed E-state index contributed by atoms with van der Waals surface area (Å²) >= 11 is 0. The van der Waals surface area contributed by atoms with Gasteiger partial charge in [-0.1, -0.05) is 19.8 Å². The molecule has 0 spiro atoms. The number of hydrogen-bond donors (Lipinski definition) is 2. The highest BCUT2D eigenvalue weighted by Gasteiger charge is 2.12. The van der Waals surface area contributed by atoms with Crippen LogP contribution in [0.25, 0.3) is 0 Å². The van der Waals surface area contributed by atoms with Crippen LogP contribution in [-0.4, -0.2) is 16.9 Å². The van der Waals surface area contributed by atoms with Crippen LogP contribution in [0.4, 0.5) is 5.69 Å². The van der Waals surface area contributed by atoms with Gasteiger partial charge < -0.3 is 11.1 Å². The quantitative estimate of drug-likeness (QED) is 0.797. The van der Waals surface area contributed by atoms with Crippen molar-refractivity contribution in [2.75, 3.05) is 5.32 Å². The first kappa shape index (κ1) is 12.6. The van der Waals surface area contributed by atoms with E-state index in [1.165, 1.54) is 0 Å². The highest BCUT2D eigenvalue weighted by atomic mass is 16.2. The summed E-state index contributed by atoms with van der Waals surface area (Å²) in [6, 6.07) is 3.25. The molecule has 4 nitrogen and oxygen atoms in total. The standard InChI is InChI=1S/C12H19N3O/c1-3-4-5-11(13)12(16)15-10-7-6-9(2)14-8-10/h6-8,11H,3-5,13H2,1-2H3,(H,15,16)/t11-/m0/s1. The normalized spacial score (nSPS) is 12.2. The Morgan fingerprint density at radius 1 is 1.56 bits per heavy atom. The van der Waals surface area contributed by atoms with Gasteiger partial charge in [-0.3, -0.25) is 9.78 Å². The molecule has 0 aliphatic carbocycles. The number of anilines is 1. The molecule has 1 heterocycles. The van der Waals surface area contributed by atoms with Gasteiger partial charge in [0.25, 0.3) is 0 Å². The molecule has 0 aliphatic rings. The number of nitrogens with two attached hydrogens (primary N) is 1. The van der Waals surface area contributed by atoms with Crippen molar-refractivity contribution in [3.8, 4) is 0 Å². The molecule has 0 bridgehead atoms. The molecule has 4 heteroatoms. The molecular weight excluding hydrogens is 202 g/mol. The summed E-state index contributed by atoms with van der Waals surface area (Å²) < 4.78 is 0. The van der Waals surface area contributed by atoms with Crippen LogP contribution in [-0.2, 0) is 4.79 Å². The number of aryl methyl sites for hydroxylation is 1. The molecule has 16 heavy (non-hydrogen) atoms. The lowest BCUT2D eigenvalue weighted by molar-refractivity contribution is -0.117. The smallest absolute Gasteiger partial charge is 0.241 e. The number of pyridine rings is 1. The molecule has 1 aromatic rings. The van der Waals surface area contributed by atoms with Gasteiger partial charge in [0.15, 0.2) is 0 Å². The van der Waals surface area contributed by atoms with Crippen LogP contribution < -0.4 is 11.1 Å². The summed E-state index contributed by atoms with van der Waals surface area (Å²) in [6.07, 6.45) is 4.38. The Morgan fingerprint density at radius 3 is 2.88 bits per heavy atom. The van der Waals surface area contributed by atoms with Crippen molar-refractivity contribution in [2.45, 2.75) is 39.2 Å². The third-order valence-electron chi connectivity index (χ3n) is 2.38. The minimum absolute atomic E-state index is 0.140. The lowest BCUT2D eigenvalue weighted by Crippen LogP contribution is -2.35. The topological polar surface area (TPSA) is 68.0 Å². The Bertz CT molecular complexity index is 335. The van der Waals surface area contributed by atoms with E-state index in [0.717, 1.165) is 25.0 Å². The fourth-order valence-corrected chi connectivity index (χ4v) is 1.33. The van der Waals surface area contributed by atoms with Crippen LogP contribution in [0.1, 0.15) is 31.9 Å². The number of hydrogen-bond acceptors (Lipinski definition) is 3. The van der Waals surface area contributed by atoms with Crippen LogP contribution in [0, 0.1) is 6.92 Å². The highest BCUT2D eigenvalue weighted by molar-refractivity contribution is 5.94. The number of nitrogens with zero attached hydrogens (tertiary/aromatic N) is 1. The lowest BCUT2D eigenvalue weighted by Gasteiger charge is -2.11. The molecule has 1 rings (SSSR count). The number of carbonyl (C=O) groups excluding carboxylic acids is 1. The van der Waals surface area contributed by atoms with Gasteiger partial charge >= 0.3 is 0 Å². The minimum atomic E-state index is -0.429. The van der Waals surface area contributed by atoms with Crippen molar-refractivity contribution in [3.63, 3.8) is 0 Å². The second kappa shape index (κ2) is 6.23. The summed E-state index contributed by atoms with van der Waals surface area (Å²) in [5.41, 5.74) is 7.37. The van der Waals surface area contributed by atoms with Gasteiger partial charge in [0.1, 0.15) is 0 Å². The molecule has 88 valence electrons. The van der Waals surface area contributed by atoms with Gasteiger partial charge in [-0.25, -0.2) is 0 Å². The SMILES string of the molecule is CCCC[C@H](N)C(=O)Nc1ccc(C)nc1. The first-order chi connectivity index (χ1) is 7.63. The van der Waals surface area contributed by atoms with E-state index in [9.17, 15) is 4.79 Å². The minimum Gasteiger partial charge on any atom is -0.323 e. The van der Waals surface area contributed by atoms with E-state index < -0.39 is 6.04 Å². The maximum absolute atomic E-state index is 11.6. The maximum Gasteiger partial charge on any atom is 0.241 e. The average Bonchev–Trinajstić information content (AvgIpc) is 2.29. The molecule has 0 unspecified atom stereocenters. The van der Waals surface area contributed by atoms with E-state index in [2.05, 4.69) is 17.2 Å². The van der Waals surface area contributed by atoms with Gasteiger partial charge in [-0.05, 0) is 25.5 Å². The molecular formula is C12H19N3O. The summed E-state index contributed by atoms with van der Waals surface area (Å²) in [5.74, 6) is -0.140. The first-order valence-electron chi connectivity index (χ1n) is 5.62. The number of unbranched alkanes of at least 4 members (excludes halogenated alkanes) is 1. The fourth-order valence-electron chi connectivity index (χ4n) is 1.33. The molecule has 0 aromatic carbocycles. The Labute approximate surface area is 96.3 Å². The van der Waals surface area contributed by atoms with E-state index >= 15 is 0 Å². The van der Waals surface area contributed by atoms with E-state index in [1.54, 1.807) is 6.20 Å². The first-order valence-corrected chi connectivity index (χ1v) is 5.62. The molecule has 0 fully saturated rings. The molecule has 1 atom stereocenters. The van der Waals surface area contributed by atoms with E-state index in [0.29, 0.717) is 5.69 Å². The zero-order valence-electron chi connectivity index (χ0n) is 9.86. The Hall–Kier alpha value is -1.42. The molecule has 1 aromatic heterocycles. The Kier molecular flexibility index (Phi) is 4.92. The number of carbonyl (C=O) groups is 1. The van der Waals surface area contributed by atoms with Gasteiger partial charge in [0, 0.05) is 5.69 Å². The largest absolute Gasteiger partial charge is 0.323 e. The van der Waals surface area contributed by atoms with Gasteiger partial charge in [0.05, 0.1) is 17.9 Å². The second-order valence-electron chi connectivity index (χ2n) is 3.93. The lowest BCUT2D eigenvalue weighted by atomic mass is 10.1. The average molecular weight is 221 g/mol. The third kappa shape index (κ3) is 3.98. The molecule has 0 radical (unpaired) electrons. The van der Waals surface area contributed by atoms with Crippen LogP contribution in [0.15, 0.2) is 18.3 Å². The number of amides is 1. The zero-order chi connectivity index (χ0) is 12.0. The molecule has 0 saturated heterocycles. The third-order valence-corrected chi connectivity index (χ3v) is 2.38. The summed E-state index contributed by atoms with van der Waals surface area (Å²) in [6.45, 7) is 3.98. The van der Waals surface area contributed by atoms with Gasteiger partial charge in [-0.15, -0.1) is 0 Å². The molecule has 3 N–H and O–H groups in total. The zero-order valence-corrected chi connectivity index (χ0v) is 9.86.